The Bertz CT molecular complexity index is 1280. The Balaban J connectivity index is 2.77. The highest BCUT2D eigenvalue weighted by atomic mass is 19.1. The standard InChI is InChI=1S/C28H29FO8/c1-15(2)26(30)35-23-10-18(13-33-7)20(9-19(23)14-34-8)21-11-24(36-27(31)16(3)4)25(12-22(21)29)37-28(32)17(5)6/h9-12H,1,3,5,13-14H2,2,4,6-8H3. The molecule has 0 saturated carbocycles. The van der Waals surface area contributed by atoms with Gasteiger partial charge in [0.2, 0.25) is 0 Å². The lowest BCUT2D eigenvalue weighted by Gasteiger charge is -2.18. The quantitative estimate of drug-likeness (QED) is 0.229. The molecular weight excluding hydrogens is 483 g/mol. The molecule has 9 heteroatoms. The fraction of sp³-hybridized carbons (Fsp3) is 0.250. The summed E-state index contributed by atoms with van der Waals surface area (Å²) in [5.41, 5.74) is 1.56. The summed E-state index contributed by atoms with van der Waals surface area (Å²) in [6, 6.07) is 5.25. The van der Waals surface area contributed by atoms with Crippen LogP contribution in [0.15, 0.2) is 60.7 Å². The Labute approximate surface area is 214 Å². The van der Waals surface area contributed by atoms with Crippen molar-refractivity contribution in [2.24, 2.45) is 0 Å². The number of halogens is 1. The van der Waals surface area contributed by atoms with Crippen molar-refractivity contribution in [3.63, 3.8) is 0 Å². The van der Waals surface area contributed by atoms with Gasteiger partial charge in [0.25, 0.3) is 0 Å². The summed E-state index contributed by atoms with van der Waals surface area (Å²) in [7, 11) is 2.90. The van der Waals surface area contributed by atoms with Gasteiger partial charge in [-0.25, -0.2) is 18.8 Å². The van der Waals surface area contributed by atoms with Gasteiger partial charge in [-0.1, -0.05) is 19.7 Å². The van der Waals surface area contributed by atoms with Crippen molar-refractivity contribution >= 4 is 17.9 Å². The Hall–Kier alpha value is -4.08. The summed E-state index contributed by atoms with van der Waals surface area (Å²) in [5, 5.41) is 0. The first kappa shape index (κ1) is 29.2. The van der Waals surface area contributed by atoms with Crippen molar-refractivity contribution in [1.29, 1.82) is 0 Å². The maximum absolute atomic E-state index is 15.5. The van der Waals surface area contributed by atoms with Crippen LogP contribution in [0.4, 0.5) is 4.39 Å². The lowest BCUT2D eigenvalue weighted by atomic mass is 9.96. The second-order valence-corrected chi connectivity index (χ2v) is 8.27. The molecule has 0 aromatic heterocycles. The minimum atomic E-state index is -0.828. The second kappa shape index (κ2) is 12.8. The number of methoxy groups -OCH3 is 2. The minimum Gasteiger partial charge on any atom is -0.423 e. The molecule has 0 radical (unpaired) electrons. The number of hydrogen-bond acceptors (Lipinski definition) is 8. The number of carbonyl (C=O) groups is 3. The van der Waals surface area contributed by atoms with Crippen LogP contribution < -0.4 is 14.2 Å². The third kappa shape index (κ3) is 7.45. The smallest absolute Gasteiger partial charge is 0.338 e. The molecule has 0 aliphatic rings. The number of benzene rings is 2. The van der Waals surface area contributed by atoms with Crippen LogP contribution in [-0.2, 0) is 37.1 Å². The van der Waals surface area contributed by atoms with Crippen molar-refractivity contribution in [1.82, 2.24) is 0 Å². The van der Waals surface area contributed by atoms with Crippen LogP contribution in [0.1, 0.15) is 31.9 Å². The van der Waals surface area contributed by atoms with Crippen molar-refractivity contribution < 1.29 is 42.5 Å². The average Bonchev–Trinajstić information content (AvgIpc) is 2.82. The van der Waals surface area contributed by atoms with Gasteiger partial charge in [0.15, 0.2) is 11.5 Å². The zero-order valence-electron chi connectivity index (χ0n) is 21.5. The van der Waals surface area contributed by atoms with E-state index in [0.717, 1.165) is 6.07 Å². The van der Waals surface area contributed by atoms with Crippen LogP contribution in [0.5, 0.6) is 17.2 Å². The molecule has 0 aliphatic heterocycles. The molecule has 0 aliphatic carbocycles. The molecule has 0 fully saturated rings. The first-order valence-electron chi connectivity index (χ1n) is 11.0. The second-order valence-electron chi connectivity index (χ2n) is 8.27. The molecule has 2 rings (SSSR count). The third-order valence-electron chi connectivity index (χ3n) is 4.86. The Morgan fingerprint density at radius 3 is 1.54 bits per heavy atom. The predicted molar refractivity (Wildman–Crippen MR) is 135 cm³/mol. The molecule has 2 aromatic carbocycles. The SMILES string of the molecule is C=C(C)C(=O)Oc1cc(COC)c(-c2cc(OC(=O)C(=C)C)c(OC(=O)C(=C)C)cc2F)cc1COC. The first-order valence-corrected chi connectivity index (χ1v) is 11.0. The van der Waals surface area contributed by atoms with E-state index >= 15 is 4.39 Å². The summed E-state index contributed by atoms with van der Waals surface area (Å²) in [6.45, 7) is 15.0. The van der Waals surface area contributed by atoms with E-state index in [-0.39, 0.29) is 52.7 Å². The molecule has 0 unspecified atom stereocenters. The van der Waals surface area contributed by atoms with E-state index in [2.05, 4.69) is 19.7 Å². The molecule has 0 atom stereocenters. The van der Waals surface area contributed by atoms with Crippen LogP contribution in [0.2, 0.25) is 0 Å². The Morgan fingerprint density at radius 1 is 0.649 bits per heavy atom. The van der Waals surface area contributed by atoms with Crippen molar-refractivity contribution in [3.8, 4) is 28.4 Å². The maximum Gasteiger partial charge on any atom is 0.338 e. The molecule has 0 heterocycles. The van der Waals surface area contributed by atoms with E-state index in [1.807, 2.05) is 0 Å². The Kier molecular flexibility index (Phi) is 10.0. The zero-order valence-corrected chi connectivity index (χ0v) is 21.5. The highest BCUT2D eigenvalue weighted by Gasteiger charge is 2.23. The van der Waals surface area contributed by atoms with Crippen LogP contribution in [0.3, 0.4) is 0 Å². The molecule has 2 aromatic rings. The molecule has 0 saturated heterocycles. The lowest BCUT2D eigenvalue weighted by molar-refractivity contribution is -0.132. The van der Waals surface area contributed by atoms with Gasteiger partial charge in [0.1, 0.15) is 11.6 Å². The fourth-order valence-corrected chi connectivity index (χ4v) is 3.02. The molecule has 0 spiro atoms. The van der Waals surface area contributed by atoms with E-state index in [4.69, 9.17) is 23.7 Å². The van der Waals surface area contributed by atoms with Gasteiger partial charge in [0.05, 0.1) is 13.2 Å². The van der Waals surface area contributed by atoms with Crippen LogP contribution >= 0.6 is 0 Å². The van der Waals surface area contributed by atoms with E-state index < -0.39 is 23.7 Å². The number of carbonyl (C=O) groups excluding carboxylic acids is 3. The molecule has 8 nitrogen and oxygen atoms in total. The van der Waals surface area contributed by atoms with Crippen LogP contribution in [0.25, 0.3) is 11.1 Å². The van der Waals surface area contributed by atoms with E-state index in [0.29, 0.717) is 16.7 Å². The monoisotopic (exact) mass is 512 g/mol. The predicted octanol–water partition coefficient (Wildman–Crippen LogP) is 5.23. The van der Waals surface area contributed by atoms with Crippen LogP contribution in [0, 0.1) is 5.82 Å². The van der Waals surface area contributed by atoms with Crippen molar-refractivity contribution in [2.45, 2.75) is 34.0 Å². The highest BCUT2D eigenvalue weighted by molar-refractivity contribution is 5.92. The zero-order chi connectivity index (χ0) is 27.9. The molecule has 0 bridgehead atoms. The van der Waals surface area contributed by atoms with Crippen molar-refractivity contribution in [3.05, 3.63) is 77.7 Å². The normalized spacial score (nSPS) is 10.4. The van der Waals surface area contributed by atoms with Gasteiger partial charge < -0.3 is 23.7 Å². The van der Waals surface area contributed by atoms with Gasteiger partial charge in [-0.05, 0) is 50.1 Å². The highest BCUT2D eigenvalue weighted by Crippen LogP contribution is 2.39. The lowest BCUT2D eigenvalue weighted by Crippen LogP contribution is -2.13. The summed E-state index contributed by atoms with van der Waals surface area (Å²) < 4.78 is 42.0. The summed E-state index contributed by atoms with van der Waals surface area (Å²) in [5.74, 6) is -3.40. The fourth-order valence-electron chi connectivity index (χ4n) is 3.02. The molecular formula is C28H29FO8. The van der Waals surface area contributed by atoms with E-state index in [1.165, 1.54) is 47.1 Å². The Morgan fingerprint density at radius 2 is 1.08 bits per heavy atom. The number of esters is 3. The van der Waals surface area contributed by atoms with Crippen molar-refractivity contribution in [2.75, 3.05) is 14.2 Å². The molecule has 196 valence electrons. The first-order chi connectivity index (χ1) is 17.4. The summed E-state index contributed by atoms with van der Waals surface area (Å²) in [6.07, 6.45) is 0. The van der Waals surface area contributed by atoms with E-state index in [1.54, 1.807) is 6.07 Å². The average molecular weight is 513 g/mol. The topological polar surface area (TPSA) is 97.4 Å². The largest absolute Gasteiger partial charge is 0.423 e. The van der Waals surface area contributed by atoms with E-state index in [9.17, 15) is 14.4 Å². The van der Waals surface area contributed by atoms with Gasteiger partial charge in [0, 0.05) is 48.1 Å². The van der Waals surface area contributed by atoms with Crippen LogP contribution in [-0.4, -0.2) is 32.1 Å². The number of rotatable bonds is 11. The van der Waals surface area contributed by atoms with Gasteiger partial charge >= 0.3 is 17.9 Å². The summed E-state index contributed by atoms with van der Waals surface area (Å²) in [4.78, 5) is 36.5. The number of ether oxygens (including phenoxy) is 5. The molecule has 0 N–H and O–H groups in total. The van der Waals surface area contributed by atoms with Gasteiger partial charge in [-0.2, -0.15) is 0 Å². The third-order valence-corrected chi connectivity index (χ3v) is 4.86. The van der Waals surface area contributed by atoms with Gasteiger partial charge in [-0.15, -0.1) is 0 Å². The molecule has 0 amide bonds. The summed E-state index contributed by atoms with van der Waals surface area (Å²) >= 11 is 0. The maximum atomic E-state index is 15.5. The number of hydrogen-bond donors (Lipinski definition) is 0. The molecule has 37 heavy (non-hydrogen) atoms. The minimum absolute atomic E-state index is 0.00169. The van der Waals surface area contributed by atoms with Gasteiger partial charge in [-0.3, -0.25) is 0 Å².